The molecule has 0 saturated heterocycles. The van der Waals surface area contributed by atoms with Crippen molar-refractivity contribution in [2.24, 2.45) is 0 Å². The number of hydrogen-bond acceptors (Lipinski definition) is 4. The highest BCUT2D eigenvalue weighted by Crippen LogP contribution is 2.20. The van der Waals surface area contributed by atoms with Crippen LogP contribution >= 0.6 is 0 Å². The van der Waals surface area contributed by atoms with Crippen molar-refractivity contribution in [3.8, 4) is 0 Å². The molecule has 0 unspecified atom stereocenters. The molecule has 6 heteroatoms. The van der Waals surface area contributed by atoms with Crippen molar-refractivity contribution in [2.45, 2.75) is 26.5 Å². The molecule has 0 bridgehead atoms. The van der Waals surface area contributed by atoms with E-state index in [1.54, 1.807) is 44.2 Å². The van der Waals surface area contributed by atoms with Gasteiger partial charge in [0.15, 0.2) is 0 Å². The smallest absolute Gasteiger partial charge is 0.338 e. The molecule has 5 nitrogen and oxygen atoms in total. The van der Waals surface area contributed by atoms with Gasteiger partial charge in [-0.1, -0.05) is 29.8 Å². The number of aryl methyl sites for hydroxylation is 2. The van der Waals surface area contributed by atoms with Gasteiger partial charge < -0.3 is 4.74 Å². The summed E-state index contributed by atoms with van der Waals surface area (Å²) in [4.78, 5) is 11.7. The van der Waals surface area contributed by atoms with Crippen LogP contribution in [0.2, 0.25) is 0 Å². The zero-order chi connectivity index (χ0) is 17.7. The summed E-state index contributed by atoms with van der Waals surface area (Å²) in [6.45, 7) is 5.72. The lowest BCUT2D eigenvalue weighted by atomic mass is 10.1. The van der Waals surface area contributed by atoms with Crippen molar-refractivity contribution >= 4 is 21.7 Å². The molecular formula is C18H21NO4S. The largest absolute Gasteiger partial charge is 0.462 e. The lowest BCUT2D eigenvalue weighted by Crippen LogP contribution is -2.16. The van der Waals surface area contributed by atoms with Crippen molar-refractivity contribution in [3.05, 3.63) is 64.7 Å². The van der Waals surface area contributed by atoms with Gasteiger partial charge in [-0.15, -0.1) is 0 Å². The van der Waals surface area contributed by atoms with Crippen LogP contribution in [0.1, 0.15) is 34.0 Å². The topological polar surface area (TPSA) is 72.5 Å². The molecular weight excluding hydrogens is 326 g/mol. The van der Waals surface area contributed by atoms with Gasteiger partial charge in [-0.3, -0.25) is 4.72 Å². The Morgan fingerprint density at radius 2 is 1.75 bits per heavy atom. The maximum atomic E-state index is 12.3. The molecule has 128 valence electrons. The molecule has 0 aliphatic rings. The Bertz CT molecular complexity index is 827. The van der Waals surface area contributed by atoms with Crippen molar-refractivity contribution in [1.82, 2.24) is 0 Å². The van der Waals surface area contributed by atoms with Gasteiger partial charge in [0.05, 0.1) is 23.6 Å². The molecule has 0 aliphatic carbocycles. The first-order valence-corrected chi connectivity index (χ1v) is 9.30. The second-order valence-corrected chi connectivity index (χ2v) is 7.32. The maximum Gasteiger partial charge on any atom is 0.338 e. The Balaban J connectivity index is 2.14. The van der Waals surface area contributed by atoms with Gasteiger partial charge in [0.1, 0.15) is 0 Å². The second-order valence-electron chi connectivity index (χ2n) is 5.60. The molecule has 0 aliphatic heterocycles. The number of rotatable bonds is 6. The molecule has 0 spiro atoms. The van der Waals surface area contributed by atoms with Gasteiger partial charge in [0.2, 0.25) is 10.0 Å². The van der Waals surface area contributed by atoms with Crippen molar-refractivity contribution in [3.63, 3.8) is 0 Å². The van der Waals surface area contributed by atoms with Gasteiger partial charge in [-0.25, -0.2) is 13.2 Å². The van der Waals surface area contributed by atoms with E-state index >= 15 is 0 Å². The SMILES string of the molecule is CCOC(=O)c1ccc(NS(=O)(=O)Cc2ccc(C)cc2)c(C)c1. The maximum absolute atomic E-state index is 12.3. The summed E-state index contributed by atoms with van der Waals surface area (Å²) in [6.07, 6.45) is 0. The molecule has 2 aromatic carbocycles. The summed E-state index contributed by atoms with van der Waals surface area (Å²) in [7, 11) is -3.53. The molecule has 24 heavy (non-hydrogen) atoms. The number of esters is 1. The highest BCUT2D eigenvalue weighted by molar-refractivity contribution is 7.91. The van der Waals surface area contributed by atoms with E-state index in [4.69, 9.17) is 4.74 Å². The summed E-state index contributed by atoms with van der Waals surface area (Å²) in [5.41, 5.74) is 3.31. The zero-order valence-corrected chi connectivity index (χ0v) is 14.8. The van der Waals surface area contributed by atoms with Gasteiger partial charge in [0.25, 0.3) is 0 Å². The number of carbonyl (C=O) groups is 1. The first-order chi connectivity index (χ1) is 11.3. The minimum absolute atomic E-state index is 0.105. The normalized spacial score (nSPS) is 11.1. The molecule has 1 N–H and O–H groups in total. The fraction of sp³-hybridized carbons (Fsp3) is 0.278. The Morgan fingerprint density at radius 3 is 2.33 bits per heavy atom. The Morgan fingerprint density at radius 1 is 1.08 bits per heavy atom. The Labute approximate surface area is 142 Å². The van der Waals surface area contributed by atoms with Crippen molar-refractivity contribution in [2.75, 3.05) is 11.3 Å². The molecule has 2 rings (SSSR count). The summed E-state index contributed by atoms with van der Waals surface area (Å²) >= 11 is 0. The minimum Gasteiger partial charge on any atom is -0.462 e. The van der Waals surface area contributed by atoms with Crippen LogP contribution in [0.25, 0.3) is 0 Å². The van der Waals surface area contributed by atoms with Crippen LogP contribution < -0.4 is 4.72 Å². The summed E-state index contributed by atoms with van der Waals surface area (Å²) in [5.74, 6) is -0.526. The van der Waals surface area contributed by atoms with Crippen molar-refractivity contribution < 1.29 is 17.9 Å². The third-order valence-electron chi connectivity index (χ3n) is 3.48. The molecule has 2 aromatic rings. The molecule has 0 heterocycles. The van der Waals surface area contributed by atoms with Crippen LogP contribution in [0, 0.1) is 13.8 Å². The molecule has 0 saturated carbocycles. The number of hydrogen-bond donors (Lipinski definition) is 1. The summed E-state index contributed by atoms with van der Waals surface area (Å²) in [6, 6.07) is 12.1. The summed E-state index contributed by atoms with van der Waals surface area (Å²) < 4.78 is 32.2. The molecule has 0 atom stereocenters. The second kappa shape index (κ2) is 7.49. The monoisotopic (exact) mass is 347 g/mol. The van der Waals surface area contributed by atoms with Crippen LogP contribution in [-0.4, -0.2) is 21.0 Å². The molecule has 0 radical (unpaired) electrons. The van der Waals surface area contributed by atoms with E-state index in [9.17, 15) is 13.2 Å². The van der Waals surface area contributed by atoms with E-state index in [0.29, 0.717) is 29.0 Å². The predicted molar refractivity (Wildman–Crippen MR) is 94.6 cm³/mol. The standard InChI is InChI=1S/C18H21NO4S/c1-4-23-18(20)16-9-10-17(14(3)11-16)19-24(21,22)12-15-7-5-13(2)6-8-15/h5-11,19H,4,12H2,1-3H3. The van der Waals surface area contributed by atoms with Crippen LogP contribution in [-0.2, 0) is 20.5 Å². The van der Waals surface area contributed by atoms with E-state index in [1.165, 1.54) is 0 Å². The van der Waals surface area contributed by atoms with Gasteiger partial charge >= 0.3 is 5.97 Å². The fourth-order valence-corrected chi connectivity index (χ4v) is 3.49. The van der Waals surface area contributed by atoms with Gasteiger partial charge in [-0.2, -0.15) is 0 Å². The Kier molecular flexibility index (Phi) is 5.62. The lowest BCUT2D eigenvalue weighted by molar-refractivity contribution is 0.0526. The number of sulfonamides is 1. The quantitative estimate of drug-likeness (QED) is 0.813. The third-order valence-corrected chi connectivity index (χ3v) is 4.72. The highest BCUT2D eigenvalue weighted by Gasteiger charge is 2.15. The van der Waals surface area contributed by atoms with Crippen LogP contribution in [0.5, 0.6) is 0 Å². The van der Waals surface area contributed by atoms with Gasteiger partial charge in [-0.05, 0) is 50.1 Å². The Hall–Kier alpha value is -2.34. The number of nitrogens with one attached hydrogen (secondary N) is 1. The van der Waals surface area contributed by atoms with E-state index in [1.807, 2.05) is 19.1 Å². The third kappa shape index (κ3) is 4.83. The number of anilines is 1. The van der Waals surface area contributed by atoms with Crippen LogP contribution in [0.3, 0.4) is 0 Å². The number of benzene rings is 2. The first kappa shape index (κ1) is 18.0. The highest BCUT2D eigenvalue weighted by atomic mass is 32.2. The summed E-state index contributed by atoms with van der Waals surface area (Å²) in [5, 5.41) is 0. The first-order valence-electron chi connectivity index (χ1n) is 7.64. The molecule has 0 aromatic heterocycles. The van der Waals surface area contributed by atoms with Crippen LogP contribution in [0.15, 0.2) is 42.5 Å². The predicted octanol–water partition coefficient (Wildman–Crippen LogP) is 3.42. The molecule has 0 fully saturated rings. The zero-order valence-electron chi connectivity index (χ0n) is 14.0. The van der Waals surface area contributed by atoms with E-state index in [2.05, 4.69) is 4.72 Å². The van der Waals surface area contributed by atoms with Gasteiger partial charge in [0, 0.05) is 0 Å². The molecule has 0 amide bonds. The van der Waals surface area contributed by atoms with E-state index < -0.39 is 16.0 Å². The van der Waals surface area contributed by atoms with E-state index in [-0.39, 0.29) is 5.75 Å². The van der Waals surface area contributed by atoms with Crippen LogP contribution in [0.4, 0.5) is 5.69 Å². The van der Waals surface area contributed by atoms with E-state index in [0.717, 1.165) is 5.56 Å². The average Bonchev–Trinajstić information content (AvgIpc) is 2.51. The average molecular weight is 347 g/mol. The lowest BCUT2D eigenvalue weighted by Gasteiger charge is -2.12. The minimum atomic E-state index is -3.53. The van der Waals surface area contributed by atoms with Crippen molar-refractivity contribution in [1.29, 1.82) is 0 Å². The number of ether oxygens (including phenoxy) is 1. The number of carbonyl (C=O) groups excluding carboxylic acids is 1. The fourth-order valence-electron chi connectivity index (χ4n) is 2.23.